The van der Waals surface area contributed by atoms with Crippen LogP contribution in [0.2, 0.25) is 5.02 Å². The zero-order chi connectivity index (χ0) is 17.6. The van der Waals surface area contributed by atoms with Gasteiger partial charge in [0.1, 0.15) is 0 Å². The Bertz CT molecular complexity index is 704. The molecule has 8 heteroatoms. The third-order valence-electron chi connectivity index (χ3n) is 4.25. The molecule has 0 radical (unpaired) electrons. The molecule has 2 N–H and O–H groups in total. The minimum atomic E-state index is -0.115. The number of benzene rings is 1. The predicted molar refractivity (Wildman–Crippen MR) is 93.2 cm³/mol. The van der Waals surface area contributed by atoms with Crippen LogP contribution in [0.4, 0.5) is 4.79 Å². The van der Waals surface area contributed by atoms with Gasteiger partial charge in [-0.1, -0.05) is 16.8 Å². The van der Waals surface area contributed by atoms with Crippen molar-refractivity contribution in [3.8, 4) is 11.4 Å². The minimum absolute atomic E-state index is 0.115. The molecule has 0 spiro atoms. The number of nitrogens with one attached hydrogen (secondary N) is 1. The van der Waals surface area contributed by atoms with E-state index in [1.807, 2.05) is 12.1 Å². The van der Waals surface area contributed by atoms with Crippen LogP contribution in [0.15, 0.2) is 28.8 Å². The minimum Gasteiger partial charge on any atom is -0.396 e. The summed E-state index contributed by atoms with van der Waals surface area (Å²) in [5, 5.41) is 16.7. The van der Waals surface area contributed by atoms with Gasteiger partial charge in [-0.15, -0.1) is 0 Å². The number of carbonyl (C=O) groups is 1. The van der Waals surface area contributed by atoms with Crippen molar-refractivity contribution in [2.45, 2.75) is 19.3 Å². The van der Waals surface area contributed by atoms with Gasteiger partial charge in [-0.3, -0.25) is 0 Å². The third kappa shape index (κ3) is 4.70. The molecule has 1 atom stereocenters. The SMILES string of the molecule is O=C(NCCc1nc(-c2ccc(Cl)cc2)no1)N1CCCC(CO)C1. The maximum Gasteiger partial charge on any atom is 0.317 e. The molecule has 3 rings (SSSR count). The molecule has 2 heterocycles. The Hall–Kier alpha value is -2.12. The van der Waals surface area contributed by atoms with Crippen LogP contribution in [0.3, 0.4) is 0 Å². The Kier molecular flexibility index (Phi) is 5.88. The van der Waals surface area contributed by atoms with Crippen LogP contribution in [0.25, 0.3) is 11.4 Å². The molecule has 2 aromatic rings. The standard InChI is InChI=1S/C17H21ClN4O3/c18-14-5-3-13(4-6-14)16-20-15(25-21-16)7-8-19-17(24)22-9-1-2-12(10-22)11-23/h3-6,12,23H,1-2,7-11H2,(H,19,24). The molecule has 134 valence electrons. The summed E-state index contributed by atoms with van der Waals surface area (Å²) in [6, 6.07) is 7.08. The van der Waals surface area contributed by atoms with Gasteiger partial charge in [0, 0.05) is 43.2 Å². The first kappa shape index (κ1) is 17.7. The molecule has 1 fully saturated rings. The van der Waals surface area contributed by atoms with Crippen LogP contribution >= 0.6 is 11.6 Å². The van der Waals surface area contributed by atoms with E-state index in [9.17, 15) is 9.90 Å². The van der Waals surface area contributed by atoms with E-state index in [-0.39, 0.29) is 18.6 Å². The number of piperidine rings is 1. The average Bonchev–Trinajstić information content (AvgIpc) is 3.11. The molecule has 1 unspecified atom stereocenters. The van der Waals surface area contributed by atoms with Gasteiger partial charge in [0.15, 0.2) is 0 Å². The Balaban J connectivity index is 1.47. The van der Waals surface area contributed by atoms with Crippen LogP contribution < -0.4 is 5.32 Å². The fourth-order valence-corrected chi connectivity index (χ4v) is 2.99. The first-order valence-electron chi connectivity index (χ1n) is 8.38. The highest BCUT2D eigenvalue weighted by molar-refractivity contribution is 6.30. The largest absolute Gasteiger partial charge is 0.396 e. The summed E-state index contributed by atoms with van der Waals surface area (Å²) in [5.74, 6) is 1.15. The number of rotatable bonds is 5. The van der Waals surface area contributed by atoms with E-state index in [0.717, 1.165) is 24.9 Å². The van der Waals surface area contributed by atoms with Crippen molar-refractivity contribution in [2.75, 3.05) is 26.2 Å². The second-order valence-corrected chi connectivity index (χ2v) is 6.57. The van der Waals surface area contributed by atoms with Crippen LogP contribution in [-0.4, -0.2) is 52.4 Å². The van der Waals surface area contributed by atoms with Gasteiger partial charge in [-0.25, -0.2) is 4.79 Å². The molecule has 25 heavy (non-hydrogen) atoms. The Labute approximate surface area is 151 Å². The lowest BCUT2D eigenvalue weighted by molar-refractivity contribution is 0.129. The normalized spacial score (nSPS) is 17.5. The lowest BCUT2D eigenvalue weighted by atomic mass is 9.99. The molecule has 1 aliphatic heterocycles. The summed E-state index contributed by atoms with van der Waals surface area (Å²) in [5.41, 5.74) is 0.826. The fraction of sp³-hybridized carbons (Fsp3) is 0.471. The van der Waals surface area contributed by atoms with E-state index in [1.54, 1.807) is 17.0 Å². The fourth-order valence-electron chi connectivity index (χ4n) is 2.86. The van der Waals surface area contributed by atoms with Crippen molar-refractivity contribution < 1.29 is 14.4 Å². The number of aliphatic hydroxyl groups excluding tert-OH is 1. The van der Waals surface area contributed by atoms with Crippen molar-refractivity contribution in [3.05, 3.63) is 35.2 Å². The number of hydrogen-bond donors (Lipinski definition) is 2. The highest BCUT2D eigenvalue weighted by Crippen LogP contribution is 2.19. The molecular formula is C17H21ClN4O3. The van der Waals surface area contributed by atoms with E-state index in [0.29, 0.717) is 36.2 Å². The number of amides is 2. The van der Waals surface area contributed by atoms with E-state index >= 15 is 0 Å². The molecule has 1 aromatic carbocycles. The number of nitrogens with zero attached hydrogens (tertiary/aromatic N) is 3. The van der Waals surface area contributed by atoms with Crippen LogP contribution in [-0.2, 0) is 6.42 Å². The molecule has 1 aliphatic rings. The third-order valence-corrected chi connectivity index (χ3v) is 4.50. The number of urea groups is 1. The van der Waals surface area contributed by atoms with Gasteiger partial charge in [0.2, 0.25) is 11.7 Å². The number of likely N-dealkylation sites (tertiary alicyclic amines) is 1. The van der Waals surface area contributed by atoms with E-state index < -0.39 is 0 Å². The molecule has 0 bridgehead atoms. The second-order valence-electron chi connectivity index (χ2n) is 6.14. The van der Waals surface area contributed by atoms with Gasteiger partial charge in [0.25, 0.3) is 0 Å². The van der Waals surface area contributed by atoms with Crippen molar-refractivity contribution in [1.29, 1.82) is 0 Å². The molecule has 1 aromatic heterocycles. The summed E-state index contributed by atoms with van der Waals surface area (Å²) < 4.78 is 5.22. The zero-order valence-electron chi connectivity index (χ0n) is 13.8. The highest BCUT2D eigenvalue weighted by Gasteiger charge is 2.22. The molecule has 1 saturated heterocycles. The van der Waals surface area contributed by atoms with Crippen LogP contribution in [0.1, 0.15) is 18.7 Å². The van der Waals surface area contributed by atoms with Gasteiger partial charge < -0.3 is 19.8 Å². The Morgan fingerprint density at radius 1 is 1.40 bits per heavy atom. The van der Waals surface area contributed by atoms with Gasteiger partial charge in [0.05, 0.1) is 0 Å². The van der Waals surface area contributed by atoms with Crippen molar-refractivity contribution >= 4 is 17.6 Å². The van der Waals surface area contributed by atoms with E-state index in [2.05, 4.69) is 15.5 Å². The highest BCUT2D eigenvalue weighted by atomic mass is 35.5. The first-order chi connectivity index (χ1) is 12.2. The Morgan fingerprint density at radius 2 is 2.20 bits per heavy atom. The Morgan fingerprint density at radius 3 is 2.96 bits per heavy atom. The van der Waals surface area contributed by atoms with E-state index in [1.165, 1.54) is 0 Å². The summed E-state index contributed by atoms with van der Waals surface area (Å²) in [7, 11) is 0. The monoisotopic (exact) mass is 364 g/mol. The summed E-state index contributed by atoms with van der Waals surface area (Å²) >= 11 is 5.86. The molecule has 7 nitrogen and oxygen atoms in total. The van der Waals surface area contributed by atoms with Crippen LogP contribution in [0, 0.1) is 5.92 Å². The lowest BCUT2D eigenvalue weighted by Crippen LogP contribution is -2.46. The zero-order valence-corrected chi connectivity index (χ0v) is 14.6. The summed E-state index contributed by atoms with van der Waals surface area (Å²) in [4.78, 5) is 18.2. The van der Waals surface area contributed by atoms with Crippen LogP contribution in [0.5, 0.6) is 0 Å². The van der Waals surface area contributed by atoms with Gasteiger partial charge in [-0.2, -0.15) is 4.98 Å². The average molecular weight is 365 g/mol. The second kappa shape index (κ2) is 8.31. The molecule has 0 aliphatic carbocycles. The molecule has 2 amide bonds. The van der Waals surface area contributed by atoms with Gasteiger partial charge in [-0.05, 0) is 43.0 Å². The number of carbonyl (C=O) groups excluding carboxylic acids is 1. The first-order valence-corrected chi connectivity index (χ1v) is 8.75. The van der Waals surface area contributed by atoms with Crippen molar-refractivity contribution in [2.24, 2.45) is 5.92 Å². The van der Waals surface area contributed by atoms with E-state index in [4.69, 9.17) is 16.1 Å². The number of aliphatic hydroxyl groups is 1. The quantitative estimate of drug-likeness (QED) is 0.849. The maximum atomic E-state index is 12.2. The van der Waals surface area contributed by atoms with Gasteiger partial charge >= 0.3 is 6.03 Å². The lowest BCUT2D eigenvalue weighted by Gasteiger charge is -2.31. The topological polar surface area (TPSA) is 91.5 Å². The predicted octanol–water partition coefficient (Wildman–Crippen LogP) is 2.35. The summed E-state index contributed by atoms with van der Waals surface area (Å²) in [6.45, 7) is 1.87. The smallest absolute Gasteiger partial charge is 0.317 e. The number of hydrogen-bond acceptors (Lipinski definition) is 5. The maximum absolute atomic E-state index is 12.2. The molecule has 0 saturated carbocycles. The van der Waals surface area contributed by atoms with Crippen molar-refractivity contribution in [3.63, 3.8) is 0 Å². The molecular weight excluding hydrogens is 344 g/mol. The summed E-state index contributed by atoms with van der Waals surface area (Å²) in [6.07, 6.45) is 2.35. The number of halogens is 1. The number of aromatic nitrogens is 2. The van der Waals surface area contributed by atoms with Crippen molar-refractivity contribution in [1.82, 2.24) is 20.4 Å².